The summed E-state index contributed by atoms with van der Waals surface area (Å²) in [7, 11) is 0. The van der Waals surface area contributed by atoms with Crippen LogP contribution in [0.3, 0.4) is 0 Å². The first kappa shape index (κ1) is 9.97. The molecule has 2 heteroatoms. The normalized spacial score (nSPS) is 10.9. The molecule has 1 heterocycles. The van der Waals surface area contributed by atoms with Crippen LogP contribution in [0.1, 0.15) is 22.3 Å². The Morgan fingerprint density at radius 3 is 2.13 bits per heavy atom. The number of hydrogen-bond donors (Lipinski definition) is 0. The summed E-state index contributed by atoms with van der Waals surface area (Å²) in [4.78, 5) is 11.2. The van der Waals surface area contributed by atoms with Crippen LogP contribution in [0.15, 0.2) is 21.3 Å². The van der Waals surface area contributed by atoms with Crippen LogP contribution in [0.4, 0.5) is 0 Å². The molecule has 1 aromatic carbocycles. The average molecular weight is 202 g/mol. The second-order valence-corrected chi connectivity index (χ2v) is 4.00. The quantitative estimate of drug-likeness (QED) is 0.615. The molecule has 2 aromatic rings. The van der Waals surface area contributed by atoms with Crippen molar-refractivity contribution in [1.29, 1.82) is 0 Å². The summed E-state index contributed by atoms with van der Waals surface area (Å²) in [5, 5.41) is 1.04. The summed E-state index contributed by atoms with van der Waals surface area (Å²) in [5.41, 5.74) is 5.17. The van der Waals surface area contributed by atoms with Crippen molar-refractivity contribution in [3.8, 4) is 0 Å². The van der Waals surface area contributed by atoms with Gasteiger partial charge in [0, 0.05) is 11.5 Å². The van der Waals surface area contributed by atoms with Crippen LogP contribution in [-0.4, -0.2) is 0 Å². The zero-order valence-electron chi connectivity index (χ0n) is 9.47. The van der Waals surface area contributed by atoms with Gasteiger partial charge in [-0.05, 0) is 56.0 Å². The molecule has 2 nitrogen and oxygen atoms in total. The van der Waals surface area contributed by atoms with Gasteiger partial charge in [-0.3, -0.25) is 0 Å². The van der Waals surface area contributed by atoms with Crippen molar-refractivity contribution in [2.75, 3.05) is 0 Å². The lowest BCUT2D eigenvalue weighted by Gasteiger charge is -2.11. The van der Waals surface area contributed by atoms with E-state index in [1.807, 2.05) is 13.0 Å². The highest BCUT2D eigenvalue weighted by Gasteiger charge is 2.10. The van der Waals surface area contributed by atoms with Gasteiger partial charge >= 0.3 is 5.63 Å². The SMILES string of the molecule is Cc1c(C)c(C)c2oc(=O)ccc2c1C. The van der Waals surface area contributed by atoms with Crippen molar-refractivity contribution in [2.24, 2.45) is 0 Å². The van der Waals surface area contributed by atoms with Crippen molar-refractivity contribution < 1.29 is 4.42 Å². The second-order valence-electron chi connectivity index (χ2n) is 4.00. The number of fused-ring (bicyclic) bond motifs is 1. The molecule has 0 saturated carbocycles. The van der Waals surface area contributed by atoms with Crippen molar-refractivity contribution in [2.45, 2.75) is 27.7 Å². The number of benzene rings is 1. The molecule has 1 aromatic heterocycles. The molecule has 0 unspecified atom stereocenters. The molecular weight excluding hydrogens is 188 g/mol. The van der Waals surface area contributed by atoms with Crippen LogP contribution in [0.2, 0.25) is 0 Å². The van der Waals surface area contributed by atoms with Crippen LogP contribution in [0.5, 0.6) is 0 Å². The molecule has 0 aliphatic heterocycles. The van der Waals surface area contributed by atoms with E-state index in [0.29, 0.717) is 0 Å². The van der Waals surface area contributed by atoms with Crippen molar-refractivity contribution in [1.82, 2.24) is 0 Å². The molecule has 15 heavy (non-hydrogen) atoms. The maximum absolute atomic E-state index is 11.2. The van der Waals surface area contributed by atoms with E-state index in [4.69, 9.17) is 4.42 Å². The van der Waals surface area contributed by atoms with Gasteiger partial charge in [-0.25, -0.2) is 4.79 Å². The summed E-state index contributed by atoms with van der Waals surface area (Å²) in [6.45, 7) is 8.21. The first-order chi connectivity index (χ1) is 7.02. The smallest absolute Gasteiger partial charge is 0.336 e. The summed E-state index contributed by atoms with van der Waals surface area (Å²) in [6.07, 6.45) is 0. The van der Waals surface area contributed by atoms with Crippen LogP contribution in [0.25, 0.3) is 11.0 Å². The van der Waals surface area contributed by atoms with Crippen molar-refractivity contribution in [3.63, 3.8) is 0 Å². The van der Waals surface area contributed by atoms with Gasteiger partial charge < -0.3 is 4.42 Å². The van der Waals surface area contributed by atoms with Gasteiger partial charge in [-0.15, -0.1) is 0 Å². The minimum atomic E-state index is -0.284. The lowest BCUT2D eigenvalue weighted by atomic mass is 9.95. The fourth-order valence-corrected chi connectivity index (χ4v) is 1.93. The third-order valence-corrected chi connectivity index (χ3v) is 3.27. The third-order valence-electron chi connectivity index (χ3n) is 3.27. The molecule has 0 aliphatic carbocycles. The molecule has 0 radical (unpaired) electrons. The molecule has 0 saturated heterocycles. The highest BCUT2D eigenvalue weighted by atomic mass is 16.4. The van der Waals surface area contributed by atoms with E-state index in [1.54, 1.807) is 0 Å². The van der Waals surface area contributed by atoms with Crippen LogP contribution in [0, 0.1) is 27.7 Å². The monoisotopic (exact) mass is 202 g/mol. The van der Waals surface area contributed by atoms with E-state index in [-0.39, 0.29) is 5.63 Å². The molecule has 0 atom stereocenters. The summed E-state index contributed by atoms with van der Waals surface area (Å²) in [5.74, 6) is 0. The van der Waals surface area contributed by atoms with E-state index >= 15 is 0 Å². The predicted molar refractivity (Wildman–Crippen MR) is 61.4 cm³/mol. The number of hydrogen-bond acceptors (Lipinski definition) is 2. The Labute approximate surface area is 88.5 Å². The van der Waals surface area contributed by atoms with Crippen molar-refractivity contribution in [3.05, 3.63) is 44.8 Å². The Kier molecular flexibility index (Phi) is 2.14. The molecule has 2 rings (SSSR count). The topological polar surface area (TPSA) is 30.2 Å². The lowest BCUT2D eigenvalue weighted by Crippen LogP contribution is -2.00. The first-order valence-corrected chi connectivity index (χ1v) is 5.02. The fraction of sp³-hybridized carbons (Fsp3) is 0.308. The summed E-state index contributed by atoms with van der Waals surface area (Å²) >= 11 is 0. The molecule has 0 N–H and O–H groups in total. The lowest BCUT2D eigenvalue weighted by molar-refractivity contribution is 0.558. The Morgan fingerprint density at radius 2 is 1.47 bits per heavy atom. The Morgan fingerprint density at radius 1 is 0.867 bits per heavy atom. The maximum Gasteiger partial charge on any atom is 0.336 e. The van der Waals surface area contributed by atoms with Gasteiger partial charge in [0.25, 0.3) is 0 Å². The van der Waals surface area contributed by atoms with Crippen LogP contribution in [-0.2, 0) is 0 Å². The molecule has 0 amide bonds. The average Bonchev–Trinajstić information content (AvgIpc) is 2.23. The Balaban J connectivity index is 3.07. The highest BCUT2D eigenvalue weighted by molar-refractivity contribution is 5.85. The minimum absolute atomic E-state index is 0.284. The predicted octanol–water partition coefficient (Wildman–Crippen LogP) is 3.03. The van der Waals surface area contributed by atoms with Gasteiger partial charge in [0.05, 0.1) is 0 Å². The van der Waals surface area contributed by atoms with E-state index in [9.17, 15) is 4.79 Å². The zero-order chi connectivity index (χ0) is 11.2. The zero-order valence-corrected chi connectivity index (χ0v) is 9.47. The second kappa shape index (κ2) is 3.23. The molecule has 0 aliphatic rings. The van der Waals surface area contributed by atoms with Crippen LogP contribution < -0.4 is 5.63 Å². The summed E-state index contributed by atoms with van der Waals surface area (Å²) < 4.78 is 5.25. The van der Waals surface area contributed by atoms with E-state index in [0.717, 1.165) is 16.5 Å². The van der Waals surface area contributed by atoms with E-state index in [2.05, 4.69) is 20.8 Å². The van der Waals surface area contributed by atoms with Gasteiger partial charge in [0.15, 0.2) is 0 Å². The van der Waals surface area contributed by atoms with Gasteiger partial charge in [0.2, 0.25) is 0 Å². The number of aryl methyl sites for hydroxylation is 2. The minimum Gasteiger partial charge on any atom is -0.422 e. The third kappa shape index (κ3) is 1.37. The van der Waals surface area contributed by atoms with Crippen molar-refractivity contribution >= 4 is 11.0 Å². The molecule has 0 bridgehead atoms. The van der Waals surface area contributed by atoms with Gasteiger partial charge in [0.1, 0.15) is 5.58 Å². The molecule has 78 valence electrons. The van der Waals surface area contributed by atoms with Crippen LogP contribution >= 0.6 is 0 Å². The Hall–Kier alpha value is -1.57. The Bertz CT molecular complexity index is 591. The van der Waals surface area contributed by atoms with Gasteiger partial charge in [-0.1, -0.05) is 0 Å². The largest absolute Gasteiger partial charge is 0.422 e. The molecular formula is C13H14O2. The fourth-order valence-electron chi connectivity index (χ4n) is 1.93. The highest BCUT2D eigenvalue weighted by Crippen LogP contribution is 2.27. The molecule has 0 fully saturated rings. The van der Waals surface area contributed by atoms with E-state index in [1.165, 1.54) is 22.8 Å². The van der Waals surface area contributed by atoms with Gasteiger partial charge in [-0.2, -0.15) is 0 Å². The first-order valence-electron chi connectivity index (χ1n) is 5.02. The standard InChI is InChI=1S/C13H14O2/c1-7-8(2)10(4)13-11(9(7)3)5-6-12(14)15-13/h5-6H,1-4H3. The molecule has 0 spiro atoms. The number of rotatable bonds is 0. The summed E-state index contributed by atoms with van der Waals surface area (Å²) in [6, 6.07) is 3.32. The maximum atomic E-state index is 11.2. The van der Waals surface area contributed by atoms with E-state index < -0.39 is 0 Å².